The van der Waals surface area contributed by atoms with Crippen molar-refractivity contribution >= 4 is 5.91 Å². The molecular weight excluding hydrogens is 320 g/mol. The first-order valence-electron chi connectivity index (χ1n) is 11.5. The Morgan fingerprint density at radius 3 is 2.23 bits per heavy atom. The number of carbonyl (C=O) groups excluding carboxylic acids is 1. The molecule has 0 aromatic carbocycles. The molecule has 3 heteroatoms. The third-order valence-corrected chi connectivity index (χ3v) is 6.97. The van der Waals surface area contributed by atoms with Crippen LogP contribution in [0.5, 0.6) is 0 Å². The van der Waals surface area contributed by atoms with E-state index in [1.165, 1.54) is 64.6 Å². The Hall–Kier alpha value is -0.570. The Balaban J connectivity index is 1.64. The fourth-order valence-corrected chi connectivity index (χ4v) is 4.98. The Morgan fingerprint density at radius 2 is 1.65 bits per heavy atom. The summed E-state index contributed by atoms with van der Waals surface area (Å²) in [6.07, 6.45) is 12.5. The summed E-state index contributed by atoms with van der Waals surface area (Å²) in [5, 5.41) is 0. The number of nitrogens with zero attached hydrogens (tertiary/aromatic N) is 2. The van der Waals surface area contributed by atoms with E-state index >= 15 is 0 Å². The van der Waals surface area contributed by atoms with Crippen LogP contribution in [0.1, 0.15) is 91.9 Å². The molecule has 0 aromatic heterocycles. The van der Waals surface area contributed by atoms with Crippen molar-refractivity contribution in [1.29, 1.82) is 0 Å². The van der Waals surface area contributed by atoms with Crippen molar-refractivity contribution in [3.8, 4) is 0 Å². The van der Waals surface area contributed by atoms with E-state index in [4.69, 9.17) is 0 Å². The van der Waals surface area contributed by atoms with Crippen LogP contribution in [0, 0.1) is 17.3 Å². The topological polar surface area (TPSA) is 23.6 Å². The lowest BCUT2D eigenvalue weighted by molar-refractivity contribution is -0.141. The van der Waals surface area contributed by atoms with Crippen LogP contribution in [0.25, 0.3) is 0 Å². The van der Waals surface area contributed by atoms with Gasteiger partial charge < -0.3 is 9.80 Å². The molecule has 2 heterocycles. The van der Waals surface area contributed by atoms with E-state index in [1.54, 1.807) is 0 Å². The highest BCUT2D eigenvalue weighted by Gasteiger charge is 2.45. The number of hydrogen-bond acceptors (Lipinski definition) is 2. The van der Waals surface area contributed by atoms with E-state index in [2.05, 4.69) is 37.5 Å². The summed E-state index contributed by atoms with van der Waals surface area (Å²) in [7, 11) is 0. The number of amides is 1. The summed E-state index contributed by atoms with van der Waals surface area (Å²) < 4.78 is 0. The van der Waals surface area contributed by atoms with E-state index in [0.717, 1.165) is 38.3 Å². The van der Waals surface area contributed by atoms with Crippen molar-refractivity contribution in [3.05, 3.63) is 0 Å². The smallest absolute Gasteiger partial charge is 0.225 e. The molecule has 2 aliphatic rings. The lowest BCUT2D eigenvalue weighted by Crippen LogP contribution is -2.61. The minimum atomic E-state index is 0.265. The van der Waals surface area contributed by atoms with E-state index in [1.807, 2.05) is 0 Å². The largest absolute Gasteiger partial charge is 0.342 e. The molecule has 2 atom stereocenters. The van der Waals surface area contributed by atoms with Crippen molar-refractivity contribution in [2.75, 3.05) is 32.7 Å². The number of hydrogen-bond donors (Lipinski definition) is 0. The Labute approximate surface area is 162 Å². The summed E-state index contributed by atoms with van der Waals surface area (Å²) in [6.45, 7) is 14.9. The number of likely N-dealkylation sites (tertiary alicyclic amines) is 2. The monoisotopic (exact) mass is 364 g/mol. The predicted molar refractivity (Wildman–Crippen MR) is 111 cm³/mol. The highest BCUT2D eigenvalue weighted by Crippen LogP contribution is 2.41. The third-order valence-electron chi connectivity index (χ3n) is 6.97. The first-order chi connectivity index (χ1) is 12.5. The van der Waals surface area contributed by atoms with Gasteiger partial charge >= 0.3 is 0 Å². The highest BCUT2D eigenvalue weighted by atomic mass is 16.2. The van der Waals surface area contributed by atoms with Crippen molar-refractivity contribution in [2.45, 2.75) is 91.9 Å². The predicted octanol–water partition coefficient (Wildman–Crippen LogP) is 5.34. The van der Waals surface area contributed by atoms with E-state index in [9.17, 15) is 4.79 Å². The molecule has 0 aliphatic carbocycles. The molecule has 2 fully saturated rings. The van der Waals surface area contributed by atoms with Crippen LogP contribution in [0.4, 0.5) is 0 Å². The van der Waals surface area contributed by atoms with Gasteiger partial charge in [-0.3, -0.25) is 4.79 Å². The van der Waals surface area contributed by atoms with Gasteiger partial charge in [0.05, 0.1) is 0 Å². The van der Waals surface area contributed by atoms with Gasteiger partial charge in [-0.15, -0.1) is 0 Å². The van der Waals surface area contributed by atoms with Gasteiger partial charge in [0.1, 0.15) is 0 Å². The molecule has 1 amide bonds. The van der Waals surface area contributed by atoms with Gasteiger partial charge in [0.15, 0.2) is 0 Å². The summed E-state index contributed by atoms with van der Waals surface area (Å²) in [4.78, 5) is 17.5. The maximum absolute atomic E-state index is 12.7. The Morgan fingerprint density at radius 1 is 0.962 bits per heavy atom. The number of rotatable bonds is 11. The maximum Gasteiger partial charge on any atom is 0.225 e. The average molecular weight is 365 g/mol. The zero-order valence-electron chi connectivity index (χ0n) is 18.1. The zero-order chi connectivity index (χ0) is 19.0. The minimum Gasteiger partial charge on any atom is -0.342 e. The third kappa shape index (κ3) is 5.97. The van der Waals surface area contributed by atoms with Gasteiger partial charge in [0.25, 0.3) is 0 Å². The van der Waals surface area contributed by atoms with Crippen LogP contribution in [0.2, 0.25) is 0 Å². The molecule has 26 heavy (non-hydrogen) atoms. The molecule has 2 rings (SSSR count). The molecule has 2 aliphatic heterocycles. The van der Waals surface area contributed by atoms with Crippen molar-refractivity contribution in [3.63, 3.8) is 0 Å². The van der Waals surface area contributed by atoms with Gasteiger partial charge in [0.2, 0.25) is 5.91 Å². The summed E-state index contributed by atoms with van der Waals surface area (Å²) >= 11 is 0. The second kappa shape index (κ2) is 10.7. The summed E-state index contributed by atoms with van der Waals surface area (Å²) in [5.41, 5.74) is 0.536. The molecule has 1 spiro atoms. The fraction of sp³-hybridized carbons (Fsp3) is 0.957. The first-order valence-corrected chi connectivity index (χ1v) is 11.5. The van der Waals surface area contributed by atoms with Crippen LogP contribution >= 0.6 is 0 Å². The van der Waals surface area contributed by atoms with Crippen LogP contribution in [0.3, 0.4) is 0 Å². The van der Waals surface area contributed by atoms with E-state index < -0.39 is 0 Å². The number of piperidine rings is 1. The molecule has 2 saturated heterocycles. The van der Waals surface area contributed by atoms with Crippen LogP contribution < -0.4 is 0 Å². The fourth-order valence-electron chi connectivity index (χ4n) is 4.98. The Bertz CT molecular complexity index is 406. The molecule has 3 nitrogen and oxygen atoms in total. The summed E-state index contributed by atoms with van der Waals surface area (Å²) in [5.74, 6) is 1.57. The van der Waals surface area contributed by atoms with Gasteiger partial charge in [-0.05, 0) is 50.0 Å². The SMILES string of the molecule is CCCCCC(C)CCN1CC2(CCN(C(=O)C(CC)CCC)CC2)C1. The molecule has 0 saturated carbocycles. The second-order valence-corrected chi connectivity index (χ2v) is 9.32. The maximum atomic E-state index is 12.7. The molecule has 0 radical (unpaired) electrons. The van der Waals surface area contributed by atoms with Crippen molar-refractivity contribution in [2.24, 2.45) is 17.3 Å². The van der Waals surface area contributed by atoms with Crippen LogP contribution in [-0.4, -0.2) is 48.4 Å². The molecule has 2 unspecified atom stereocenters. The van der Waals surface area contributed by atoms with Gasteiger partial charge in [-0.2, -0.15) is 0 Å². The quantitative estimate of drug-likeness (QED) is 0.462. The average Bonchev–Trinajstić information content (AvgIpc) is 2.62. The number of carbonyl (C=O) groups is 1. The zero-order valence-corrected chi connectivity index (χ0v) is 18.1. The van der Waals surface area contributed by atoms with E-state index in [-0.39, 0.29) is 5.92 Å². The molecule has 152 valence electrons. The molecule has 0 bridgehead atoms. The first kappa shape index (κ1) is 21.7. The van der Waals surface area contributed by atoms with Crippen LogP contribution in [-0.2, 0) is 4.79 Å². The van der Waals surface area contributed by atoms with Gasteiger partial charge in [0, 0.05) is 32.1 Å². The lowest BCUT2D eigenvalue weighted by Gasteiger charge is -2.54. The van der Waals surface area contributed by atoms with Gasteiger partial charge in [-0.25, -0.2) is 0 Å². The normalized spacial score (nSPS) is 22.2. The molecule has 0 aromatic rings. The number of unbranched alkanes of at least 4 members (excludes halogenated alkanes) is 2. The summed E-state index contributed by atoms with van der Waals surface area (Å²) in [6, 6.07) is 0. The highest BCUT2D eigenvalue weighted by molar-refractivity contribution is 5.78. The molecule has 0 N–H and O–H groups in total. The van der Waals surface area contributed by atoms with E-state index in [0.29, 0.717) is 11.3 Å². The van der Waals surface area contributed by atoms with Gasteiger partial charge in [-0.1, -0.05) is 59.8 Å². The molecular formula is C23H44N2O. The van der Waals surface area contributed by atoms with Crippen molar-refractivity contribution in [1.82, 2.24) is 9.80 Å². The van der Waals surface area contributed by atoms with Crippen LogP contribution in [0.15, 0.2) is 0 Å². The van der Waals surface area contributed by atoms with Crippen molar-refractivity contribution < 1.29 is 4.79 Å². The minimum absolute atomic E-state index is 0.265. The standard InChI is InChI=1S/C23H44N2O/c1-5-8-9-11-20(4)12-15-24-18-23(19-24)13-16-25(17-14-23)22(26)21(7-3)10-6-2/h20-21H,5-19H2,1-4H3. The lowest BCUT2D eigenvalue weighted by atomic mass is 9.71. The second-order valence-electron chi connectivity index (χ2n) is 9.32. The Kier molecular flexibility index (Phi) is 8.93.